The van der Waals surface area contributed by atoms with Crippen molar-refractivity contribution in [3.63, 3.8) is 0 Å². The molecule has 0 aliphatic rings. The lowest BCUT2D eigenvalue weighted by atomic mass is 10.1. The number of carbonyl (C=O) groups is 1. The van der Waals surface area contributed by atoms with Crippen LogP contribution in [0.25, 0.3) is 0 Å². The Morgan fingerprint density at radius 3 is 2.12 bits per heavy atom. The summed E-state index contributed by atoms with van der Waals surface area (Å²) in [7, 11) is -3.75. The minimum absolute atomic E-state index is 0.229. The van der Waals surface area contributed by atoms with E-state index in [2.05, 4.69) is 5.32 Å². The Balaban J connectivity index is 2.35. The molecule has 26 heavy (non-hydrogen) atoms. The van der Waals surface area contributed by atoms with Gasteiger partial charge in [-0.05, 0) is 62.2 Å². The number of carbonyl (C=O) groups excluding carboxylic acids is 1. The van der Waals surface area contributed by atoms with Gasteiger partial charge in [-0.3, -0.25) is 9.10 Å². The Bertz CT molecular complexity index is 925. The second-order valence-corrected chi connectivity index (χ2v) is 8.88. The monoisotopic (exact) mass is 414 g/mol. The van der Waals surface area contributed by atoms with Crippen LogP contribution in [0.1, 0.15) is 18.1 Å². The summed E-state index contributed by atoms with van der Waals surface area (Å²) in [5.74, 6) is -0.463. The number of benzene rings is 2. The molecule has 0 heterocycles. The highest BCUT2D eigenvalue weighted by atomic mass is 35.5. The molecule has 5 nitrogen and oxygen atoms in total. The molecule has 0 saturated heterocycles. The Kier molecular flexibility index (Phi) is 6.21. The van der Waals surface area contributed by atoms with Gasteiger partial charge in [0.2, 0.25) is 15.9 Å². The van der Waals surface area contributed by atoms with Crippen LogP contribution in [0.3, 0.4) is 0 Å². The number of anilines is 2. The van der Waals surface area contributed by atoms with Gasteiger partial charge >= 0.3 is 0 Å². The zero-order chi connectivity index (χ0) is 19.6. The second-order valence-electron chi connectivity index (χ2n) is 6.15. The first-order valence-electron chi connectivity index (χ1n) is 7.82. The lowest BCUT2D eigenvalue weighted by Crippen LogP contribution is -2.45. The van der Waals surface area contributed by atoms with Crippen molar-refractivity contribution in [2.45, 2.75) is 26.8 Å². The maximum atomic E-state index is 12.7. The molecule has 8 heteroatoms. The van der Waals surface area contributed by atoms with E-state index in [-0.39, 0.29) is 15.7 Å². The summed E-state index contributed by atoms with van der Waals surface area (Å²) in [5, 5.41) is 3.31. The van der Waals surface area contributed by atoms with Gasteiger partial charge in [-0.25, -0.2) is 8.42 Å². The van der Waals surface area contributed by atoms with E-state index in [0.717, 1.165) is 21.7 Å². The Morgan fingerprint density at radius 1 is 1.04 bits per heavy atom. The molecule has 0 aromatic heterocycles. The molecule has 0 radical (unpaired) electrons. The van der Waals surface area contributed by atoms with E-state index < -0.39 is 22.0 Å². The number of aryl methyl sites for hydroxylation is 2. The Labute approximate surface area is 164 Å². The third-order valence-corrected chi connectivity index (χ3v) is 5.64. The van der Waals surface area contributed by atoms with Crippen LogP contribution in [0.15, 0.2) is 36.4 Å². The van der Waals surface area contributed by atoms with Crippen LogP contribution in [0.2, 0.25) is 10.0 Å². The summed E-state index contributed by atoms with van der Waals surface area (Å²) >= 11 is 12.0. The van der Waals surface area contributed by atoms with E-state index >= 15 is 0 Å². The highest BCUT2D eigenvalue weighted by Gasteiger charge is 2.29. The molecule has 0 aliphatic carbocycles. The third kappa shape index (κ3) is 4.90. The maximum absolute atomic E-state index is 12.7. The van der Waals surface area contributed by atoms with Gasteiger partial charge in [0.25, 0.3) is 0 Å². The molecular formula is C18H20Cl2N2O3S. The summed E-state index contributed by atoms with van der Waals surface area (Å²) in [6.07, 6.45) is 1.03. The highest BCUT2D eigenvalue weighted by molar-refractivity contribution is 7.92. The first kappa shape index (κ1) is 20.6. The maximum Gasteiger partial charge on any atom is 0.247 e. The largest absolute Gasteiger partial charge is 0.324 e. The lowest BCUT2D eigenvalue weighted by molar-refractivity contribution is -0.116. The molecule has 0 fully saturated rings. The quantitative estimate of drug-likeness (QED) is 0.787. The van der Waals surface area contributed by atoms with Crippen molar-refractivity contribution >= 4 is 50.5 Å². The van der Waals surface area contributed by atoms with E-state index in [1.807, 2.05) is 26.0 Å². The van der Waals surface area contributed by atoms with Crippen LogP contribution in [-0.2, 0) is 14.8 Å². The highest BCUT2D eigenvalue weighted by Crippen LogP contribution is 2.29. The van der Waals surface area contributed by atoms with Crippen LogP contribution < -0.4 is 9.62 Å². The smallest absolute Gasteiger partial charge is 0.247 e. The van der Waals surface area contributed by atoms with Crippen LogP contribution in [0, 0.1) is 13.8 Å². The number of nitrogens with zero attached hydrogens (tertiary/aromatic N) is 1. The van der Waals surface area contributed by atoms with Crippen LogP contribution in [-0.4, -0.2) is 26.6 Å². The van der Waals surface area contributed by atoms with Crippen LogP contribution >= 0.6 is 23.2 Å². The number of sulfonamides is 1. The topological polar surface area (TPSA) is 66.5 Å². The van der Waals surface area contributed by atoms with E-state index in [9.17, 15) is 13.2 Å². The van der Waals surface area contributed by atoms with Crippen molar-refractivity contribution in [3.05, 3.63) is 57.6 Å². The van der Waals surface area contributed by atoms with Crippen LogP contribution in [0.4, 0.5) is 11.4 Å². The van der Waals surface area contributed by atoms with Crippen molar-refractivity contribution in [2.24, 2.45) is 0 Å². The van der Waals surface area contributed by atoms with Crippen molar-refractivity contribution in [3.8, 4) is 0 Å². The number of halogens is 2. The summed E-state index contributed by atoms with van der Waals surface area (Å²) in [4.78, 5) is 12.7. The second kappa shape index (κ2) is 7.86. The molecular weight excluding hydrogens is 395 g/mol. The van der Waals surface area contributed by atoms with Crippen LogP contribution in [0.5, 0.6) is 0 Å². The molecule has 0 saturated carbocycles. The Hall–Kier alpha value is -1.76. The predicted octanol–water partition coefficient (Wildman–Crippen LogP) is 4.40. The van der Waals surface area contributed by atoms with Gasteiger partial charge in [0.05, 0.1) is 11.9 Å². The lowest BCUT2D eigenvalue weighted by Gasteiger charge is -2.28. The molecule has 0 unspecified atom stereocenters. The first-order chi connectivity index (χ1) is 12.0. The number of rotatable bonds is 5. The van der Waals surface area contributed by atoms with E-state index in [0.29, 0.717) is 5.69 Å². The molecule has 2 aromatic carbocycles. The fourth-order valence-electron chi connectivity index (χ4n) is 2.54. The van der Waals surface area contributed by atoms with Gasteiger partial charge in [0.15, 0.2) is 0 Å². The standard InChI is InChI=1S/C18H20Cl2N2O3S/c1-11-5-6-16(7-12(11)2)21-18(23)13(3)22(26(4,24)25)17-9-14(19)8-15(20)10-17/h5-10,13H,1-4H3,(H,21,23)/t13-/m1/s1. The molecule has 1 N–H and O–H groups in total. The van der Waals surface area contributed by atoms with E-state index in [1.165, 1.54) is 25.1 Å². The average Bonchev–Trinajstić information content (AvgIpc) is 2.48. The number of hydrogen-bond acceptors (Lipinski definition) is 3. The SMILES string of the molecule is Cc1ccc(NC(=O)[C@@H](C)N(c2cc(Cl)cc(Cl)c2)S(C)(=O)=O)cc1C. The Morgan fingerprint density at radius 2 is 1.62 bits per heavy atom. The molecule has 0 aliphatic heterocycles. The fourth-order valence-corrected chi connectivity index (χ4v) is 4.21. The summed E-state index contributed by atoms with van der Waals surface area (Å²) in [5.41, 5.74) is 2.95. The first-order valence-corrected chi connectivity index (χ1v) is 10.4. The molecule has 140 valence electrons. The number of amides is 1. The third-order valence-electron chi connectivity index (χ3n) is 3.96. The van der Waals surface area contributed by atoms with Gasteiger partial charge < -0.3 is 5.32 Å². The molecule has 0 spiro atoms. The zero-order valence-electron chi connectivity index (χ0n) is 14.9. The molecule has 1 amide bonds. The normalized spacial score (nSPS) is 12.5. The predicted molar refractivity (Wildman–Crippen MR) is 108 cm³/mol. The summed E-state index contributed by atoms with van der Waals surface area (Å²) < 4.78 is 25.6. The minimum atomic E-state index is -3.75. The van der Waals surface area contributed by atoms with E-state index in [1.54, 1.807) is 6.07 Å². The number of nitrogens with one attached hydrogen (secondary N) is 1. The fraction of sp³-hybridized carbons (Fsp3) is 0.278. The van der Waals surface area contributed by atoms with Gasteiger partial charge in [-0.2, -0.15) is 0 Å². The number of hydrogen-bond donors (Lipinski definition) is 1. The summed E-state index contributed by atoms with van der Waals surface area (Å²) in [6, 6.07) is 8.90. The minimum Gasteiger partial charge on any atom is -0.324 e. The molecule has 2 aromatic rings. The van der Waals surface area contributed by atoms with E-state index in [4.69, 9.17) is 23.2 Å². The van der Waals surface area contributed by atoms with Crippen molar-refractivity contribution in [1.29, 1.82) is 0 Å². The average molecular weight is 415 g/mol. The summed E-state index contributed by atoms with van der Waals surface area (Å²) in [6.45, 7) is 5.41. The van der Waals surface area contributed by atoms with Gasteiger partial charge in [0, 0.05) is 15.7 Å². The van der Waals surface area contributed by atoms with Crippen molar-refractivity contribution in [2.75, 3.05) is 15.9 Å². The van der Waals surface area contributed by atoms with Gasteiger partial charge in [0.1, 0.15) is 6.04 Å². The molecule has 0 bridgehead atoms. The van der Waals surface area contributed by atoms with Crippen molar-refractivity contribution < 1.29 is 13.2 Å². The zero-order valence-corrected chi connectivity index (χ0v) is 17.2. The molecule has 1 atom stereocenters. The van der Waals surface area contributed by atoms with Crippen molar-refractivity contribution in [1.82, 2.24) is 0 Å². The van der Waals surface area contributed by atoms with Gasteiger partial charge in [-0.15, -0.1) is 0 Å². The molecule has 2 rings (SSSR count). The van der Waals surface area contributed by atoms with Gasteiger partial charge in [-0.1, -0.05) is 29.3 Å².